The number of hydrogen-bond acceptors (Lipinski definition) is 2. The van der Waals surface area contributed by atoms with E-state index in [1.807, 2.05) is 24.5 Å². The highest BCUT2D eigenvalue weighted by molar-refractivity contribution is 8.05. The van der Waals surface area contributed by atoms with Crippen LogP contribution in [0.1, 0.15) is 11.1 Å². The molecule has 0 saturated heterocycles. The molecule has 1 unspecified atom stereocenters. The second-order valence-corrected chi connectivity index (χ2v) is 4.58. The Morgan fingerprint density at radius 2 is 2.08 bits per heavy atom. The number of nitrogens with zero attached hydrogens (tertiary/aromatic N) is 1. The number of rotatable bonds is 3. The molecule has 0 radical (unpaired) electrons. The van der Waals surface area contributed by atoms with Gasteiger partial charge in [0.1, 0.15) is 5.40 Å². The molecule has 0 aromatic heterocycles. The van der Waals surface area contributed by atoms with Crippen LogP contribution >= 0.6 is 23.4 Å². The topological polar surface area (TPSA) is 23.8 Å². The predicted octanol–water partition coefficient (Wildman–Crippen LogP) is 3.32. The van der Waals surface area contributed by atoms with E-state index in [-0.39, 0.29) is 4.71 Å². The van der Waals surface area contributed by atoms with Gasteiger partial charge in [-0.05, 0) is 30.7 Å². The summed E-state index contributed by atoms with van der Waals surface area (Å²) in [6.07, 6.45) is 0.736. The zero-order valence-electron chi connectivity index (χ0n) is 7.33. The van der Waals surface area contributed by atoms with Crippen molar-refractivity contribution in [2.45, 2.75) is 18.1 Å². The first-order valence-corrected chi connectivity index (χ1v) is 5.28. The van der Waals surface area contributed by atoms with Crippen LogP contribution in [0, 0.1) is 17.6 Å². The van der Waals surface area contributed by atoms with E-state index in [1.165, 1.54) is 11.1 Å². The summed E-state index contributed by atoms with van der Waals surface area (Å²) in [5, 5.41) is 10.4. The number of nitriles is 1. The highest BCUT2D eigenvalue weighted by atomic mass is 35.5. The molecule has 0 fully saturated rings. The Hall–Kier alpha value is -0.650. The molecule has 1 rings (SSSR count). The minimum Gasteiger partial charge on any atom is -0.185 e. The molecule has 13 heavy (non-hydrogen) atoms. The number of halogens is 1. The van der Waals surface area contributed by atoms with Crippen molar-refractivity contribution in [3.05, 3.63) is 35.4 Å². The van der Waals surface area contributed by atoms with Gasteiger partial charge >= 0.3 is 0 Å². The molecule has 0 aliphatic rings. The standard InChI is InChI=1S/C10H10ClNS/c1-8-2-4-9(5-3-8)6-10(11)13-7-12/h2-5,10H,6H2,1H3. The maximum Gasteiger partial charge on any atom is 0.134 e. The maximum absolute atomic E-state index is 8.39. The Labute approximate surface area is 87.7 Å². The van der Waals surface area contributed by atoms with Gasteiger partial charge in [0.2, 0.25) is 0 Å². The highest BCUT2D eigenvalue weighted by Gasteiger charge is 2.05. The van der Waals surface area contributed by atoms with Crippen LogP contribution in [0.3, 0.4) is 0 Å². The fourth-order valence-corrected chi connectivity index (χ4v) is 1.70. The van der Waals surface area contributed by atoms with Crippen LogP contribution in [0.4, 0.5) is 0 Å². The Balaban J connectivity index is 2.55. The first-order valence-electron chi connectivity index (χ1n) is 3.96. The molecule has 0 saturated carbocycles. The summed E-state index contributed by atoms with van der Waals surface area (Å²) in [5.41, 5.74) is 2.41. The van der Waals surface area contributed by atoms with Crippen molar-refractivity contribution in [2.75, 3.05) is 0 Å². The second kappa shape index (κ2) is 5.16. The van der Waals surface area contributed by atoms with Gasteiger partial charge in [0.05, 0.1) is 4.71 Å². The van der Waals surface area contributed by atoms with Crippen molar-refractivity contribution < 1.29 is 0 Å². The van der Waals surface area contributed by atoms with Gasteiger partial charge in [-0.3, -0.25) is 0 Å². The van der Waals surface area contributed by atoms with Crippen molar-refractivity contribution in [1.29, 1.82) is 5.26 Å². The summed E-state index contributed by atoms with van der Waals surface area (Å²) in [6.45, 7) is 2.05. The number of thiocyanates is 1. The molecule has 0 amide bonds. The summed E-state index contributed by atoms with van der Waals surface area (Å²) in [6, 6.07) is 8.19. The lowest BCUT2D eigenvalue weighted by Gasteiger charge is -2.04. The van der Waals surface area contributed by atoms with Crippen LogP contribution in [0.2, 0.25) is 0 Å². The Morgan fingerprint density at radius 1 is 1.46 bits per heavy atom. The summed E-state index contributed by atoms with van der Waals surface area (Å²) in [4.78, 5) is 0. The minimum atomic E-state index is -0.146. The third-order valence-electron chi connectivity index (χ3n) is 1.70. The molecule has 0 bridgehead atoms. The van der Waals surface area contributed by atoms with Gasteiger partial charge in [0.25, 0.3) is 0 Å². The van der Waals surface area contributed by atoms with E-state index < -0.39 is 0 Å². The normalized spacial score (nSPS) is 12.1. The van der Waals surface area contributed by atoms with Gasteiger partial charge in [-0.2, -0.15) is 5.26 Å². The zero-order chi connectivity index (χ0) is 9.68. The van der Waals surface area contributed by atoms with Crippen molar-refractivity contribution >= 4 is 23.4 Å². The van der Waals surface area contributed by atoms with E-state index in [2.05, 4.69) is 12.1 Å². The first kappa shape index (κ1) is 10.4. The first-order chi connectivity index (χ1) is 6.22. The summed E-state index contributed by atoms with van der Waals surface area (Å²) < 4.78 is -0.146. The molecule has 1 aromatic rings. The molecule has 1 nitrogen and oxygen atoms in total. The van der Waals surface area contributed by atoms with Crippen LogP contribution in [-0.2, 0) is 6.42 Å². The lowest BCUT2D eigenvalue weighted by molar-refractivity contribution is 1.10. The molecule has 0 aliphatic heterocycles. The largest absolute Gasteiger partial charge is 0.185 e. The Morgan fingerprint density at radius 3 is 2.62 bits per heavy atom. The smallest absolute Gasteiger partial charge is 0.134 e. The second-order valence-electron chi connectivity index (χ2n) is 2.81. The molecule has 0 N–H and O–H groups in total. The van der Waals surface area contributed by atoms with E-state index in [0.29, 0.717) is 0 Å². The third kappa shape index (κ3) is 3.71. The van der Waals surface area contributed by atoms with Crippen LogP contribution in [0.25, 0.3) is 0 Å². The van der Waals surface area contributed by atoms with Gasteiger partial charge in [-0.1, -0.05) is 29.8 Å². The third-order valence-corrected chi connectivity index (χ3v) is 2.65. The van der Waals surface area contributed by atoms with Crippen LogP contribution in [0.15, 0.2) is 24.3 Å². The molecule has 3 heteroatoms. The Kier molecular flexibility index (Phi) is 4.14. The average molecular weight is 212 g/mol. The van der Waals surface area contributed by atoms with Gasteiger partial charge in [0, 0.05) is 0 Å². The highest BCUT2D eigenvalue weighted by Crippen LogP contribution is 2.19. The zero-order valence-corrected chi connectivity index (χ0v) is 8.90. The quantitative estimate of drug-likeness (QED) is 0.566. The van der Waals surface area contributed by atoms with Crippen LogP contribution < -0.4 is 0 Å². The number of thioether (sulfide) groups is 1. The lowest BCUT2D eigenvalue weighted by Crippen LogP contribution is -1.96. The van der Waals surface area contributed by atoms with Gasteiger partial charge in [0.15, 0.2) is 0 Å². The molecule has 0 spiro atoms. The fourth-order valence-electron chi connectivity index (χ4n) is 1.01. The molecule has 0 heterocycles. The number of alkyl halides is 1. The van der Waals surface area contributed by atoms with E-state index in [4.69, 9.17) is 16.9 Å². The van der Waals surface area contributed by atoms with Gasteiger partial charge in [-0.25, -0.2) is 0 Å². The monoisotopic (exact) mass is 211 g/mol. The van der Waals surface area contributed by atoms with Crippen molar-refractivity contribution in [3.63, 3.8) is 0 Å². The van der Waals surface area contributed by atoms with E-state index in [1.54, 1.807) is 0 Å². The van der Waals surface area contributed by atoms with Crippen LogP contribution in [-0.4, -0.2) is 4.71 Å². The average Bonchev–Trinajstić information content (AvgIpc) is 2.09. The molecule has 0 aliphatic carbocycles. The molecule has 1 aromatic carbocycles. The van der Waals surface area contributed by atoms with Gasteiger partial charge < -0.3 is 0 Å². The van der Waals surface area contributed by atoms with Crippen molar-refractivity contribution in [2.24, 2.45) is 0 Å². The van der Waals surface area contributed by atoms with Crippen molar-refractivity contribution in [3.8, 4) is 5.40 Å². The summed E-state index contributed by atoms with van der Waals surface area (Å²) >= 11 is 7.00. The van der Waals surface area contributed by atoms with Crippen LogP contribution in [0.5, 0.6) is 0 Å². The number of hydrogen-bond donors (Lipinski definition) is 0. The minimum absolute atomic E-state index is 0.146. The maximum atomic E-state index is 8.39. The molecular formula is C10H10ClNS. The molecular weight excluding hydrogens is 202 g/mol. The van der Waals surface area contributed by atoms with E-state index in [0.717, 1.165) is 18.2 Å². The fraction of sp³-hybridized carbons (Fsp3) is 0.300. The van der Waals surface area contributed by atoms with E-state index >= 15 is 0 Å². The SMILES string of the molecule is Cc1ccc(CC(Cl)SC#N)cc1. The molecule has 1 atom stereocenters. The van der Waals surface area contributed by atoms with Gasteiger partial charge in [-0.15, -0.1) is 11.6 Å². The number of benzene rings is 1. The lowest BCUT2D eigenvalue weighted by atomic mass is 10.1. The summed E-state index contributed by atoms with van der Waals surface area (Å²) in [7, 11) is 0. The predicted molar refractivity (Wildman–Crippen MR) is 57.7 cm³/mol. The number of aryl methyl sites for hydroxylation is 1. The Bertz CT molecular complexity index is 302. The van der Waals surface area contributed by atoms with Crippen molar-refractivity contribution in [1.82, 2.24) is 0 Å². The summed E-state index contributed by atoms with van der Waals surface area (Å²) in [5.74, 6) is 0. The molecule has 68 valence electrons. The van der Waals surface area contributed by atoms with E-state index in [9.17, 15) is 0 Å².